The van der Waals surface area contributed by atoms with Gasteiger partial charge >= 0.3 is 0 Å². The van der Waals surface area contributed by atoms with Crippen LogP contribution >= 0.6 is 0 Å². The van der Waals surface area contributed by atoms with Gasteiger partial charge in [0.2, 0.25) is 0 Å². The Labute approximate surface area is 60.5 Å². The molecule has 0 amide bonds. The summed E-state index contributed by atoms with van der Waals surface area (Å²) in [6.07, 6.45) is 0. The van der Waals surface area contributed by atoms with Crippen molar-refractivity contribution in [1.29, 1.82) is 0 Å². The summed E-state index contributed by atoms with van der Waals surface area (Å²) >= 11 is 0. The zero-order chi connectivity index (χ0) is 7.56. The van der Waals surface area contributed by atoms with Gasteiger partial charge in [-0.2, -0.15) is 0 Å². The first-order valence-corrected chi connectivity index (χ1v) is 3.52. The van der Waals surface area contributed by atoms with Gasteiger partial charge in [-0.1, -0.05) is 5.11 Å². The lowest BCUT2D eigenvalue weighted by atomic mass is 10.1. The van der Waals surface area contributed by atoms with Gasteiger partial charge in [-0.05, 0) is 19.4 Å². The summed E-state index contributed by atoms with van der Waals surface area (Å²) in [5, 5.41) is 3.60. The van der Waals surface area contributed by atoms with E-state index in [1.54, 1.807) is 0 Å². The number of hydrogen-bond donors (Lipinski definition) is 0. The lowest BCUT2D eigenvalue weighted by molar-refractivity contribution is 0.113. The molecule has 0 aliphatic carbocycles. The molecule has 1 heterocycles. The molecule has 0 aromatic carbocycles. The van der Waals surface area contributed by atoms with Crippen LogP contribution in [0.1, 0.15) is 13.8 Å². The van der Waals surface area contributed by atoms with Gasteiger partial charge in [-0.15, -0.1) is 0 Å². The minimum Gasteiger partial charge on any atom is -0.300 e. The zero-order valence-corrected chi connectivity index (χ0v) is 6.36. The van der Waals surface area contributed by atoms with Crippen LogP contribution < -0.4 is 0 Å². The lowest BCUT2D eigenvalue weighted by Gasteiger charge is -2.39. The number of azide groups is 1. The van der Waals surface area contributed by atoms with Crippen LogP contribution in [0.4, 0.5) is 0 Å². The standard InChI is InChI=1S/C6H12N4/c1-5(2)10-3-6(4-10)8-9-7/h5-6H,3-4H2,1-2H3. The molecule has 0 atom stereocenters. The number of likely N-dealkylation sites (tertiary alicyclic amines) is 1. The van der Waals surface area contributed by atoms with Gasteiger partial charge < -0.3 is 4.90 Å². The van der Waals surface area contributed by atoms with E-state index in [0.29, 0.717) is 6.04 Å². The van der Waals surface area contributed by atoms with Crippen molar-refractivity contribution < 1.29 is 0 Å². The Kier molecular flexibility index (Phi) is 2.14. The highest BCUT2D eigenvalue weighted by Crippen LogP contribution is 2.14. The maximum Gasteiger partial charge on any atom is 0.0628 e. The Morgan fingerprint density at radius 1 is 1.60 bits per heavy atom. The fourth-order valence-electron chi connectivity index (χ4n) is 1.06. The molecule has 0 radical (unpaired) electrons. The van der Waals surface area contributed by atoms with Gasteiger partial charge in [0.1, 0.15) is 0 Å². The molecule has 1 fully saturated rings. The van der Waals surface area contributed by atoms with Crippen molar-refractivity contribution in [2.75, 3.05) is 13.1 Å². The minimum absolute atomic E-state index is 0.229. The van der Waals surface area contributed by atoms with Crippen molar-refractivity contribution in [2.24, 2.45) is 5.11 Å². The highest BCUT2D eigenvalue weighted by atomic mass is 15.3. The van der Waals surface area contributed by atoms with E-state index < -0.39 is 0 Å². The summed E-state index contributed by atoms with van der Waals surface area (Å²) in [5.41, 5.74) is 8.07. The van der Waals surface area contributed by atoms with Gasteiger partial charge in [0.25, 0.3) is 0 Å². The SMILES string of the molecule is CC(C)N1CC(N=[N+]=[N-])C1. The minimum atomic E-state index is 0.229. The third-order valence-electron chi connectivity index (χ3n) is 1.84. The van der Waals surface area contributed by atoms with Crippen LogP contribution in [0.3, 0.4) is 0 Å². The van der Waals surface area contributed by atoms with Crippen molar-refractivity contribution in [1.82, 2.24) is 4.90 Å². The lowest BCUT2D eigenvalue weighted by Crippen LogP contribution is -2.52. The van der Waals surface area contributed by atoms with Crippen LogP contribution in [0.25, 0.3) is 10.4 Å². The topological polar surface area (TPSA) is 52.0 Å². The molecule has 0 saturated carbocycles. The van der Waals surface area contributed by atoms with E-state index >= 15 is 0 Å². The summed E-state index contributed by atoms with van der Waals surface area (Å²) in [4.78, 5) is 5.03. The first-order chi connectivity index (χ1) is 4.74. The molecule has 0 bridgehead atoms. The van der Waals surface area contributed by atoms with E-state index in [1.807, 2.05) is 0 Å². The van der Waals surface area contributed by atoms with E-state index in [2.05, 4.69) is 28.8 Å². The molecule has 10 heavy (non-hydrogen) atoms. The predicted molar refractivity (Wildman–Crippen MR) is 39.6 cm³/mol. The number of hydrogen-bond acceptors (Lipinski definition) is 2. The highest BCUT2D eigenvalue weighted by Gasteiger charge is 2.26. The van der Waals surface area contributed by atoms with Crippen LogP contribution in [0.15, 0.2) is 5.11 Å². The van der Waals surface area contributed by atoms with E-state index in [0.717, 1.165) is 13.1 Å². The van der Waals surface area contributed by atoms with Crippen LogP contribution in [-0.2, 0) is 0 Å². The molecule has 4 heteroatoms. The molecule has 0 aromatic heterocycles. The van der Waals surface area contributed by atoms with Crippen molar-refractivity contribution in [3.8, 4) is 0 Å². The van der Waals surface area contributed by atoms with Crippen molar-refractivity contribution in [3.05, 3.63) is 10.4 Å². The van der Waals surface area contributed by atoms with Crippen molar-refractivity contribution in [2.45, 2.75) is 25.9 Å². The van der Waals surface area contributed by atoms with Gasteiger partial charge in [0, 0.05) is 24.0 Å². The summed E-state index contributed by atoms with van der Waals surface area (Å²) < 4.78 is 0. The Morgan fingerprint density at radius 3 is 2.60 bits per heavy atom. The molecule has 0 spiro atoms. The maximum absolute atomic E-state index is 8.07. The predicted octanol–water partition coefficient (Wildman–Crippen LogP) is 1.39. The third kappa shape index (κ3) is 1.40. The fourth-order valence-corrected chi connectivity index (χ4v) is 1.06. The van der Waals surface area contributed by atoms with E-state index in [9.17, 15) is 0 Å². The zero-order valence-electron chi connectivity index (χ0n) is 6.36. The Morgan fingerprint density at radius 2 is 2.20 bits per heavy atom. The molecule has 0 N–H and O–H groups in total. The second-order valence-corrected chi connectivity index (χ2v) is 2.91. The molecular formula is C6H12N4. The summed E-state index contributed by atoms with van der Waals surface area (Å²) in [7, 11) is 0. The Bertz CT molecular complexity index is 153. The van der Waals surface area contributed by atoms with Crippen LogP contribution in [-0.4, -0.2) is 30.1 Å². The maximum atomic E-state index is 8.07. The first-order valence-electron chi connectivity index (χ1n) is 3.52. The van der Waals surface area contributed by atoms with E-state index in [1.165, 1.54) is 0 Å². The molecule has 0 aromatic rings. The van der Waals surface area contributed by atoms with E-state index in [-0.39, 0.29) is 6.04 Å². The first kappa shape index (κ1) is 7.38. The molecule has 4 nitrogen and oxygen atoms in total. The van der Waals surface area contributed by atoms with E-state index in [4.69, 9.17) is 5.53 Å². The summed E-state index contributed by atoms with van der Waals surface area (Å²) in [6.45, 7) is 6.15. The van der Waals surface area contributed by atoms with Crippen LogP contribution in [0.2, 0.25) is 0 Å². The molecule has 0 unspecified atom stereocenters. The van der Waals surface area contributed by atoms with Gasteiger partial charge in [0.05, 0.1) is 6.04 Å². The fraction of sp³-hybridized carbons (Fsp3) is 1.00. The summed E-state index contributed by atoms with van der Waals surface area (Å²) in [5.74, 6) is 0. The average molecular weight is 140 g/mol. The van der Waals surface area contributed by atoms with Crippen LogP contribution in [0, 0.1) is 0 Å². The largest absolute Gasteiger partial charge is 0.300 e. The van der Waals surface area contributed by atoms with Crippen LogP contribution in [0.5, 0.6) is 0 Å². The van der Waals surface area contributed by atoms with Gasteiger partial charge in [-0.3, -0.25) is 0 Å². The number of rotatable bonds is 2. The normalized spacial score (nSPS) is 20.3. The quantitative estimate of drug-likeness (QED) is 0.325. The van der Waals surface area contributed by atoms with Gasteiger partial charge in [0.15, 0.2) is 0 Å². The Hall–Kier alpha value is -0.730. The van der Waals surface area contributed by atoms with Crippen molar-refractivity contribution >= 4 is 0 Å². The second-order valence-electron chi connectivity index (χ2n) is 2.91. The molecule has 1 aliphatic heterocycles. The molecule has 1 saturated heterocycles. The molecule has 1 aliphatic rings. The smallest absolute Gasteiger partial charge is 0.0628 e. The number of nitrogens with zero attached hydrogens (tertiary/aromatic N) is 4. The third-order valence-corrected chi connectivity index (χ3v) is 1.84. The Balaban J connectivity index is 2.24. The van der Waals surface area contributed by atoms with Gasteiger partial charge in [-0.25, -0.2) is 0 Å². The summed E-state index contributed by atoms with van der Waals surface area (Å²) in [6, 6.07) is 0.817. The molecule has 1 rings (SSSR count). The highest BCUT2D eigenvalue weighted by molar-refractivity contribution is 4.87. The van der Waals surface area contributed by atoms with Crippen molar-refractivity contribution in [3.63, 3.8) is 0 Å². The molecule has 56 valence electrons. The second kappa shape index (κ2) is 2.90. The molecular weight excluding hydrogens is 128 g/mol. The monoisotopic (exact) mass is 140 g/mol. The average Bonchev–Trinajstić information content (AvgIpc) is 1.76.